The lowest BCUT2D eigenvalue weighted by Gasteiger charge is -2.50. The predicted molar refractivity (Wildman–Crippen MR) is 175 cm³/mol. The highest BCUT2D eigenvalue weighted by molar-refractivity contribution is 5.77. The lowest BCUT2D eigenvalue weighted by atomic mass is 9.94. The quantitative estimate of drug-likeness (QED) is 0.0767. The standard InChI is InChI=1S/C30H55N5O21/c31-11-18(43)22(7(2-37)48-26(11)47)53-28-13(33)20(45)24(9(4-39)50-28)55-30-15(35)21(46)25(10(5-40)52-30)56-29-14(34)19(44)23(8(3-38)51-29)54-27-12(32)17(42)16(41)6(1-36)49-27/h6-25,27-30,36-46H,1-5,31-35H2/t6-,7-,8-,9-,10-,11-,12-,13-,14-,15-,16-,17-,18-,19-,20-,21-,22-,23-,24-,25-,27+,28+,29+,30+/m1/s1. The molecule has 0 bridgehead atoms. The number of carbonyl (C=O) groups excluding carboxylic acids is 1. The fourth-order valence-corrected chi connectivity index (χ4v) is 7.15. The first-order valence-corrected chi connectivity index (χ1v) is 17.9. The average Bonchev–Trinajstić information content (AvgIpc) is 3.19. The van der Waals surface area contributed by atoms with Crippen LogP contribution in [0.3, 0.4) is 0 Å². The van der Waals surface area contributed by atoms with Gasteiger partial charge in [0.05, 0.1) is 57.2 Å². The summed E-state index contributed by atoms with van der Waals surface area (Å²) in [6.45, 7) is -3.95. The average molecular weight is 822 g/mol. The zero-order valence-electron chi connectivity index (χ0n) is 29.8. The Bertz CT molecular complexity index is 1260. The van der Waals surface area contributed by atoms with E-state index in [0.29, 0.717) is 0 Å². The summed E-state index contributed by atoms with van der Waals surface area (Å²) in [4.78, 5) is 11.9. The molecule has 0 spiro atoms. The number of aliphatic hydroxyl groups is 11. The zero-order chi connectivity index (χ0) is 41.3. The van der Waals surface area contributed by atoms with Crippen LogP contribution in [0.15, 0.2) is 0 Å². The molecule has 5 saturated heterocycles. The molecular formula is C30H55N5O21. The summed E-state index contributed by atoms with van der Waals surface area (Å²) in [6, 6.07) is -7.38. The number of hydrogen-bond acceptors (Lipinski definition) is 26. The van der Waals surface area contributed by atoms with Crippen LogP contribution in [-0.2, 0) is 47.4 Å². The molecule has 5 aliphatic rings. The molecule has 24 atom stereocenters. The zero-order valence-corrected chi connectivity index (χ0v) is 29.8. The molecule has 0 aromatic rings. The first-order valence-electron chi connectivity index (χ1n) is 17.9. The minimum Gasteiger partial charge on any atom is -0.456 e. The summed E-state index contributed by atoms with van der Waals surface area (Å²) >= 11 is 0. The van der Waals surface area contributed by atoms with E-state index in [0.717, 1.165) is 0 Å². The number of hydrogen-bond donors (Lipinski definition) is 16. The third-order valence-electron chi connectivity index (χ3n) is 10.6. The van der Waals surface area contributed by atoms with Gasteiger partial charge in [0.2, 0.25) is 0 Å². The number of cyclic esters (lactones) is 1. The van der Waals surface area contributed by atoms with Gasteiger partial charge in [-0.1, -0.05) is 0 Å². The minimum absolute atomic E-state index is 0.713. The van der Waals surface area contributed by atoms with Crippen LogP contribution in [-0.4, -0.2) is 242 Å². The van der Waals surface area contributed by atoms with E-state index < -0.39 is 186 Å². The van der Waals surface area contributed by atoms with Gasteiger partial charge in [-0.2, -0.15) is 0 Å². The number of rotatable bonds is 13. The number of ether oxygens (including phenoxy) is 9. The molecule has 0 aliphatic carbocycles. The van der Waals surface area contributed by atoms with E-state index in [-0.39, 0.29) is 0 Å². The Labute approximate surface area is 318 Å². The van der Waals surface area contributed by atoms with Gasteiger partial charge in [0, 0.05) is 0 Å². The van der Waals surface area contributed by atoms with Gasteiger partial charge in [0.1, 0.15) is 91.5 Å². The highest BCUT2D eigenvalue weighted by Crippen LogP contribution is 2.34. The van der Waals surface area contributed by atoms with Crippen molar-refractivity contribution in [1.82, 2.24) is 0 Å². The van der Waals surface area contributed by atoms with E-state index >= 15 is 0 Å². The van der Waals surface area contributed by atoms with Crippen molar-refractivity contribution in [3.8, 4) is 0 Å². The Kier molecular flexibility index (Phi) is 15.7. The molecule has 0 radical (unpaired) electrons. The maximum atomic E-state index is 11.9. The summed E-state index contributed by atoms with van der Waals surface area (Å²) in [5, 5.41) is 114. The second-order valence-corrected chi connectivity index (χ2v) is 14.2. The monoisotopic (exact) mass is 821 g/mol. The Hall–Kier alpha value is -1.49. The van der Waals surface area contributed by atoms with Crippen LogP contribution >= 0.6 is 0 Å². The summed E-state index contributed by atoms with van der Waals surface area (Å²) in [6.07, 6.45) is -29.2. The normalized spacial score (nSPS) is 51.8. The third-order valence-corrected chi connectivity index (χ3v) is 10.6. The molecule has 0 unspecified atom stereocenters. The molecule has 21 N–H and O–H groups in total. The van der Waals surface area contributed by atoms with E-state index in [4.69, 9.17) is 71.3 Å². The highest BCUT2D eigenvalue weighted by atomic mass is 16.8. The highest BCUT2D eigenvalue weighted by Gasteiger charge is 2.55. The molecule has 0 aromatic carbocycles. The number of nitrogens with two attached hydrogens (primary N) is 5. The molecule has 0 aromatic heterocycles. The summed E-state index contributed by atoms with van der Waals surface area (Å²) in [7, 11) is 0. The van der Waals surface area contributed by atoms with Gasteiger partial charge < -0.3 is 127 Å². The lowest BCUT2D eigenvalue weighted by molar-refractivity contribution is -0.361. The fraction of sp³-hybridized carbons (Fsp3) is 0.967. The van der Waals surface area contributed by atoms with Crippen LogP contribution in [0.1, 0.15) is 0 Å². The van der Waals surface area contributed by atoms with Gasteiger partial charge >= 0.3 is 5.97 Å². The van der Waals surface area contributed by atoms with Crippen LogP contribution in [0.2, 0.25) is 0 Å². The summed E-state index contributed by atoms with van der Waals surface area (Å²) in [5.41, 5.74) is 30.3. The largest absolute Gasteiger partial charge is 0.456 e. The molecule has 5 heterocycles. The molecule has 326 valence electrons. The smallest absolute Gasteiger partial charge is 0.326 e. The van der Waals surface area contributed by atoms with Crippen molar-refractivity contribution in [2.45, 2.75) is 147 Å². The molecule has 5 aliphatic heterocycles. The predicted octanol–water partition coefficient (Wildman–Crippen LogP) is -11.9. The van der Waals surface area contributed by atoms with Crippen molar-refractivity contribution in [3.05, 3.63) is 0 Å². The van der Waals surface area contributed by atoms with Crippen LogP contribution in [0.5, 0.6) is 0 Å². The van der Waals surface area contributed by atoms with Gasteiger partial charge in [0.15, 0.2) is 31.3 Å². The molecule has 26 heteroatoms. The first-order chi connectivity index (χ1) is 26.5. The van der Waals surface area contributed by atoms with E-state index in [1.807, 2.05) is 0 Å². The lowest BCUT2D eigenvalue weighted by Crippen LogP contribution is -2.70. The van der Waals surface area contributed by atoms with E-state index in [1.54, 1.807) is 0 Å². The minimum atomic E-state index is -1.74. The van der Waals surface area contributed by atoms with Crippen molar-refractivity contribution in [2.24, 2.45) is 28.7 Å². The Morgan fingerprint density at radius 1 is 0.411 bits per heavy atom. The topological polar surface area (TPSA) is 453 Å². The molecule has 0 amide bonds. The van der Waals surface area contributed by atoms with Gasteiger partial charge in [-0.15, -0.1) is 0 Å². The van der Waals surface area contributed by atoms with Crippen molar-refractivity contribution in [1.29, 1.82) is 0 Å². The van der Waals surface area contributed by atoms with Crippen molar-refractivity contribution in [3.63, 3.8) is 0 Å². The van der Waals surface area contributed by atoms with Gasteiger partial charge in [-0.25, -0.2) is 0 Å². The molecule has 5 fully saturated rings. The molecule has 5 rings (SSSR count). The van der Waals surface area contributed by atoms with Crippen LogP contribution in [0.25, 0.3) is 0 Å². The Morgan fingerprint density at radius 3 is 1.02 bits per heavy atom. The van der Waals surface area contributed by atoms with Crippen molar-refractivity contribution in [2.75, 3.05) is 33.0 Å². The first kappa shape index (κ1) is 45.6. The third kappa shape index (κ3) is 8.99. The fourth-order valence-electron chi connectivity index (χ4n) is 7.15. The number of esters is 1. The second kappa shape index (κ2) is 19.3. The van der Waals surface area contributed by atoms with Crippen molar-refractivity contribution < 1.29 is 104 Å². The maximum absolute atomic E-state index is 11.9. The van der Waals surface area contributed by atoms with Gasteiger partial charge in [0.25, 0.3) is 0 Å². The molecule has 26 nitrogen and oxygen atoms in total. The maximum Gasteiger partial charge on any atom is 0.326 e. The van der Waals surface area contributed by atoms with E-state index in [9.17, 15) is 61.0 Å². The van der Waals surface area contributed by atoms with Crippen molar-refractivity contribution >= 4 is 5.97 Å². The molecule has 0 saturated carbocycles. The Balaban J connectivity index is 1.23. The SMILES string of the molecule is N[C@H]1[C@H](O[C@H]2[C@H](O)[C@@H](N)[C@H](O[C@H]3[C@H](O)[C@@H](N)[C@H](O[C@H]4[C@H](O)[C@@H](N)[C@H](O[C@H]5[C@H](O)[C@@H](N)C(=O)O[C@@H]5CO)O[C@@H]4CO)O[C@@H]3CO)O[C@@H]2CO)O[C@H](CO)[C@@H](O)[C@@H]1O. The van der Waals surface area contributed by atoms with E-state index in [2.05, 4.69) is 0 Å². The Morgan fingerprint density at radius 2 is 0.696 bits per heavy atom. The van der Waals surface area contributed by atoms with Crippen LogP contribution in [0.4, 0.5) is 0 Å². The van der Waals surface area contributed by atoms with Gasteiger partial charge in [-0.3, -0.25) is 4.79 Å². The summed E-state index contributed by atoms with van der Waals surface area (Å²) < 4.78 is 50.9. The molecular weight excluding hydrogens is 766 g/mol. The van der Waals surface area contributed by atoms with Crippen LogP contribution < -0.4 is 28.7 Å². The summed E-state index contributed by atoms with van der Waals surface area (Å²) in [5.74, 6) is -0.995. The second-order valence-electron chi connectivity index (χ2n) is 14.2. The van der Waals surface area contributed by atoms with Crippen LogP contribution in [0, 0.1) is 0 Å². The number of aliphatic hydroxyl groups excluding tert-OH is 11. The molecule has 56 heavy (non-hydrogen) atoms. The number of carbonyl (C=O) groups is 1. The van der Waals surface area contributed by atoms with Gasteiger partial charge in [-0.05, 0) is 0 Å². The van der Waals surface area contributed by atoms with E-state index in [1.165, 1.54) is 0 Å².